The highest BCUT2D eigenvalue weighted by atomic mass is 32.2. The minimum Gasteiger partial charge on any atom is -0.508 e. The Hall–Kier alpha value is -10.1. The third-order valence-corrected chi connectivity index (χ3v) is 22.5. The average molecular weight is 1590 g/mol. The molecule has 0 bridgehead atoms. The maximum absolute atomic E-state index is 15.6. The molecule has 4 heterocycles. The van der Waals surface area contributed by atoms with Crippen molar-refractivity contribution in [3.63, 3.8) is 0 Å². The van der Waals surface area contributed by atoms with E-state index < -0.39 is 186 Å². The predicted molar refractivity (Wildman–Crippen MR) is 418 cm³/mol. The highest BCUT2D eigenvalue weighted by molar-refractivity contribution is 8.00. The molecule has 0 aromatic heterocycles. The molecule has 0 saturated carbocycles. The van der Waals surface area contributed by atoms with Crippen LogP contribution in [-0.4, -0.2) is 243 Å². The van der Waals surface area contributed by atoms with Gasteiger partial charge in [0.05, 0.1) is 18.8 Å². The highest BCUT2D eigenvalue weighted by Crippen LogP contribution is 2.29. The summed E-state index contributed by atoms with van der Waals surface area (Å²) in [6, 6.07) is 11.3. The van der Waals surface area contributed by atoms with Crippen molar-refractivity contribution in [2.45, 2.75) is 211 Å². The minimum atomic E-state index is -1.77. The number of hydrogen-bond donors (Lipinski definition) is 8. The molecule has 0 spiro atoms. The smallest absolute Gasteiger partial charge is 0.246 e. The Morgan fingerprint density at radius 1 is 0.478 bits per heavy atom. The lowest BCUT2D eigenvalue weighted by atomic mass is 9.96. The second kappa shape index (κ2) is 42.2. The fourth-order valence-corrected chi connectivity index (χ4v) is 15.8. The summed E-state index contributed by atoms with van der Waals surface area (Å²) < 4.78 is 44.5. The number of carbonyl (C=O) groups is 13. The van der Waals surface area contributed by atoms with Crippen LogP contribution in [-0.2, 0) is 88.0 Å². The van der Waals surface area contributed by atoms with Crippen LogP contribution < -0.4 is 37.2 Å². The summed E-state index contributed by atoms with van der Waals surface area (Å²) in [5, 5.41) is 29.3. The quantitative estimate of drug-likeness (QED) is 0.0798. The van der Waals surface area contributed by atoms with Crippen molar-refractivity contribution >= 4 is 88.6 Å². The van der Waals surface area contributed by atoms with Crippen LogP contribution in [0.25, 0.3) is 0 Å². The number of likely N-dealkylation sites (N-methyl/N-ethyl adjacent to an activating group) is 3. The number of unbranched alkanes of at least 4 members (excludes halogenated alkanes) is 1. The number of rotatable bonds is 14. The number of benzene rings is 4. The van der Waals surface area contributed by atoms with Gasteiger partial charge in [-0.1, -0.05) is 120 Å². The first-order valence-corrected chi connectivity index (χ1v) is 40.3. The van der Waals surface area contributed by atoms with Crippen LogP contribution in [0.2, 0.25) is 0 Å². The van der Waals surface area contributed by atoms with Crippen molar-refractivity contribution in [3.05, 3.63) is 137 Å². The summed E-state index contributed by atoms with van der Waals surface area (Å²) in [6.07, 6.45) is 3.36. The van der Waals surface area contributed by atoms with Crippen molar-refractivity contribution in [2.75, 3.05) is 65.4 Å². The van der Waals surface area contributed by atoms with E-state index >= 15 is 32.8 Å². The van der Waals surface area contributed by atoms with Gasteiger partial charge in [-0.25, -0.2) is 13.2 Å². The highest BCUT2D eigenvalue weighted by Gasteiger charge is 2.47. The third-order valence-electron chi connectivity index (χ3n) is 21.3. The Morgan fingerprint density at radius 2 is 1.00 bits per heavy atom. The summed E-state index contributed by atoms with van der Waals surface area (Å²) in [6.45, 7) is 9.70. The lowest BCUT2D eigenvalue weighted by Gasteiger charge is -2.40. The van der Waals surface area contributed by atoms with Gasteiger partial charge in [0, 0.05) is 78.3 Å². The topological polar surface area (TPSA) is 346 Å². The Kier molecular flexibility index (Phi) is 33.0. The van der Waals surface area contributed by atoms with Gasteiger partial charge in [0.15, 0.2) is 17.5 Å². The van der Waals surface area contributed by atoms with E-state index in [1.165, 1.54) is 69.9 Å². The van der Waals surface area contributed by atoms with Gasteiger partial charge in [-0.3, -0.25) is 62.3 Å². The molecule has 4 saturated heterocycles. The number of amides is 13. The molecule has 614 valence electrons. The Balaban J connectivity index is 1.13. The maximum atomic E-state index is 15.6. The van der Waals surface area contributed by atoms with Crippen LogP contribution in [0.15, 0.2) is 97.1 Å². The Labute approximate surface area is 663 Å². The van der Waals surface area contributed by atoms with E-state index in [0.29, 0.717) is 73.8 Å². The first kappa shape index (κ1) is 88.5. The molecule has 4 aromatic carbocycles. The SMILES string of the molecule is CCCC[C@H]1C(=O)N2CCC[C@@H]2C(=O)N2CCCC[C@H]2C(=O)N[C@@H](C(C)C)C(=O)N(C)[C@@H](Cc2ccccc2)C(=O)NCC(=O)N2CCCC[C@@H]2C(=O)NCC(=O)N[C@@H](Cc2ccc(O)cc2)C(=O)N[C@@H](CC(C)C)C(=O)N[C@H](C)CSCC(=O)N[C@@H](Cc2cc(F)c(F)c(F)c2)C(=O)N(C)[C@@H](Cc2ccccc2)C(=O)N1C. The van der Waals surface area contributed by atoms with E-state index in [1.807, 2.05) is 20.8 Å². The Bertz CT molecular complexity index is 3990. The molecule has 0 unspecified atom stereocenters. The van der Waals surface area contributed by atoms with Gasteiger partial charge in [-0.2, -0.15) is 0 Å². The van der Waals surface area contributed by atoms with Crippen molar-refractivity contribution in [2.24, 2.45) is 11.8 Å². The Morgan fingerprint density at radius 3 is 1.61 bits per heavy atom. The number of thioether (sulfide) groups is 1. The summed E-state index contributed by atoms with van der Waals surface area (Å²) >= 11 is 1.03. The van der Waals surface area contributed by atoms with Crippen molar-refractivity contribution < 1.29 is 80.6 Å². The maximum Gasteiger partial charge on any atom is 0.246 e. The number of aromatic hydroxyl groups is 1. The molecule has 4 aliphatic rings. The number of piperidine rings is 2. The summed E-state index contributed by atoms with van der Waals surface area (Å²) in [5.41, 5.74) is 1.50. The number of phenolic OH excluding ortho intramolecular Hbond substituents is 1. The molecule has 27 nitrogen and oxygen atoms in total. The van der Waals surface area contributed by atoms with E-state index in [4.69, 9.17) is 0 Å². The van der Waals surface area contributed by atoms with Gasteiger partial charge in [-0.15, -0.1) is 11.8 Å². The van der Waals surface area contributed by atoms with E-state index in [2.05, 4.69) is 37.2 Å². The molecular formula is C82H110F3N13O14S. The van der Waals surface area contributed by atoms with Crippen molar-refractivity contribution in [1.82, 2.24) is 66.6 Å². The fraction of sp³-hybridized carbons (Fsp3) is 0.549. The number of fused-ring (bicyclic) bond motifs is 3. The van der Waals surface area contributed by atoms with Crippen LogP contribution in [0, 0.1) is 29.3 Å². The molecule has 4 aliphatic heterocycles. The van der Waals surface area contributed by atoms with E-state index in [9.17, 15) is 47.9 Å². The fourth-order valence-electron chi connectivity index (χ4n) is 15.0. The first-order chi connectivity index (χ1) is 53.8. The first-order valence-electron chi connectivity index (χ1n) is 39.2. The molecule has 11 atom stereocenters. The zero-order chi connectivity index (χ0) is 82.3. The van der Waals surface area contributed by atoms with Crippen LogP contribution in [0.4, 0.5) is 13.2 Å². The number of carbonyl (C=O) groups excluding carboxylic acids is 13. The number of nitrogens with zero attached hydrogens (tertiary/aromatic N) is 6. The predicted octanol–water partition coefficient (Wildman–Crippen LogP) is 4.63. The van der Waals surface area contributed by atoms with Crippen LogP contribution >= 0.6 is 11.8 Å². The van der Waals surface area contributed by atoms with Gasteiger partial charge in [-0.05, 0) is 129 Å². The van der Waals surface area contributed by atoms with Gasteiger partial charge >= 0.3 is 0 Å². The molecule has 8 rings (SSSR count). The molecule has 8 N–H and O–H groups in total. The van der Waals surface area contributed by atoms with Gasteiger partial charge in [0.1, 0.15) is 66.2 Å². The minimum absolute atomic E-state index is 0.0339. The van der Waals surface area contributed by atoms with Crippen molar-refractivity contribution in [3.8, 4) is 5.75 Å². The average Bonchev–Trinajstić information content (AvgIpc) is 1.72. The molecule has 0 aliphatic carbocycles. The molecule has 13 amide bonds. The second-order valence-corrected chi connectivity index (χ2v) is 31.7. The molecule has 113 heavy (non-hydrogen) atoms. The third kappa shape index (κ3) is 24.5. The second-order valence-electron chi connectivity index (χ2n) is 30.7. The largest absolute Gasteiger partial charge is 0.508 e. The lowest BCUT2D eigenvalue weighted by Crippen LogP contribution is -2.62. The molecule has 31 heteroatoms. The monoisotopic (exact) mass is 1590 g/mol. The molecular weight excluding hydrogens is 1480 g/mol. The number of nitrogens with one attached hydrogen (secondary N) is 7. The van der Waals surface area contributed by atoms with Gasteiger partial charge in [0.25, 0.3) is 0 Å². The van der Waals surface area contributed by atoms with E-state index in [-0.39, 0.29) is 99.7 Å². The van der Waals surface area contributed by atoms with E-state index in [0.717, 1.165) is 16.7 Å². The molecule has 4 fully saturated rings. The van der Waals surface area contributed by atoms with Gasteiger partial charge in [0.2, 0.25) is 76.8 Å². The van der Waals surface area contributed by atoms with Crippen molar-refractivity contribution in [1.29, 1.82) is 0 Å². The van der Waals surface area contributed by atoms with E-state index in [1.54, 1.807) is 81.4 Å². The lowest BCUT2D eigenvalue weighted by molar-refractivity contribution is -0.155. The van der Waals surface area contributed by atoms with Crippen LogP contribution in [0.3, 0.4) is 0 Å². The molecule has 4 aromatic rings. The standard InChI is InChI=1S/C82H110F3N13O14S/c1-10-11-27-64-80(110)98-37-22-30-65(98)81(111)97-36-21-19-29-63(97)77(107)92-72(50(4)5)82(112)94(8)66(43-52-23-14-12-15-24-52)76(106)87-46-70(102)96-35-20-18-28-62(96)75(105)86-45-68(100)89-60(41-54-31-33-56(99)34-32-54)74(104)91-59(38-49(2)3)73(103)88-51(6)47-113-48-69(101)90-61(42-55-39-57(83)71(85)58(84)40-55)78(108)95(9)67(79(109)93(64)7)44-53-25-16-13-17-26-53/h12-17,23-26,31-34,39-40,49-51,59-67,72,99H,10-11,18-22,27-30,35-38,41-48H2,1-9H3,(H,86,105)(H,87,106)(H,88,103)(H,89,100)(H,90,101)(H,91,104)(H,92,107)/t51-,59+,60+,61+,62-,63+,64+,65-,66+,67+,72+/m1/s1. The normalized spacial score (nSPS) is 25.3. The molecule has 0 radical (unpaired) electrons. The van der Waals surface area contributed by atoms with Crippen LogP contribution in [0.5, 0.6) is 5.75 Å². The number of phenols is 1. The zero-order valence-corrected chi connectivity index (χ0v) is 66.8. The summed E-state index contributed by atoms with van der Waals surface area (Å²) in [4.78, 5) is 199. The number of hydrogen-bond acceptors (Lipinski definition) is 15. The van der Waals surface area contributed by atoms with Crippen LogP contribution in [0.1, 0.15) is 141 Å². The number of halogens is 3. The zero-order valence-electron chi connectivity index (χ0n) is 66.0. The van der Waals surface area contributed by atoms with Gasteiger partial charge < -0.3 is 71.7 Å². The summed E-state index contributed by atoms with van der Waals surface area (Å²) in [5.74, 6) is -15.1. The summed E-state index contributed by atoms with van der Waals surface area (Å²) in [7, 11) is 4.15.